The summed E-state index contributed by atoms with van der Waals surface area (Å²) in [5.74, 6) is 0.0206. The Labute approximate surface area is 149 Å². The normalized spacial score (nSPS) is 10.4. The average molecular weight is 361 g/mol. The number of nitrogens with one attached hydrogen (secondary N) is 1. The van der Waals surface area contributed by atoms with Gasteiger partial charge in [0.2, 0.25) is 0 Å². The van der Waals surface area contributed by atoms with Gasteiger partial charge in [-0.1, -0.05) is 36.0 Å². The van der Waals surface area contributed by atoms with Crippen molar-refractivity contribution in [1.29, 1.82) is 0 Å². The number of aromatic nitrogens is 2. The van der Waals surface area contributed by atoms with Crippen molar-refractivity contribution in [3.63, 3.8) is 0 Å². The van der Waals surface area contributed by atoms with Crippen molar-refractivity contribution in [3.8, 4) is 0 Å². The first kappa shape index (κ1) is 18.7. The molecule has 0 spiro atoms. The lowest BCUT2D eigenvalue weighted by atomic mass is 10.1. The number of esters is 1. The quantitative estimate of drug-likeness (QED) is 0.414. The number of ether oxygens (including phenoxy) is 1. The maximum Gasteiger partial charge on any atom is 0.310 e. The molecule has 0 unspecified atom stereocenters. The molecule has 1 aromatic carbocycles. The van der Waals surface area contributed by atoms with E-state index in [9.17, 15) is 14.4 Å². The smallest absolute Gasteiger partial charge is 0.310 e. The summed E-state index contributed by atoms with van der Waals surface area (Å²) < 4.78 is 4.90. The van der Waals surface area contributed by atoms with Crippen LogP contribution in [0, 0.1) is 0 Å². The number of carbonyl (C=O) groups is 2. The van der Waals surface area contributed by atoms with Crippen LogP contribution in [0.15, 0.2) is 40.3 Å². The fraction of sp³-hybridized carbons (Fsp3) is 0.294. The molecule has 7 nitrogen and oxygen atoms in total. The van der Waals surface area contributed by atoms with Gasteiger partial charge >= 0.3 is 5.97 Å². The molecular weight excluding hydrogens is 342 g/mol. The monoisotopic (exact) mass is 361 g/mol. The van der Waals surface area contributed by atoms with Crippen LogP contribution in [0.1, 0.15) is 18.1 Å². The van der Waals surface area contributed by atoms with Gasteiger partial charge in [0.15, 0.2) is 5.16 Å². The molecule has 0 aliphatic carbocycles. The molecule has 8 heteroatoms. The van der Waals surface area contributed by atoms with Gasteiger partial charge in [-0.05, 0) is 18.1 Å². The van der Waals surface area contributed by atoms with Crippen molar-refractivity contribution in [3.05, 3.63) is 51.8 Å². The van der Waals surface area contributed by atoms with Crippen LogP contribution in [-0.2, 0) is 27.2 Å². The van der Waals surface area contributed by atoms with Crippen LogP contribution >= 0.6 is 11.8 Å². The number of hydrogen-bond acceptors (Lipinski definition) is 7. The van der Waals surface area contributed by atoms with Crippen LogP contribution < -0.4 is 11.3 Å². The first-order valence-corrected chi connectivity index (χ1v) is 8.69. The molecule has 0 fully saturated rings. The Kier molecular flexibility index (Phi) is 6.76. The van der Waals surface area contributed by atoms with Crippen molar-refractivity contribution in [2.45, 2.75) is 24.9 Å². The summed E-state index contributed by atoms with van der Waals surface area (Å²) in [6.07, 6.45) is 0.478. The Morgan fingerprint density at radius 3 is 2.44 bits per heavy atom. The third kappa shape index (κ3) is 6.42. The zero-order valence-corrected chi connectivity index (χ0v) is 14.6. The Hall–Kier alpha value is -2.61. The number of thioether (sulfide) groups is 1. The van der Waals surface area contributed by atoms with Gasteiger partial charge in [0.25, 0.3) is 5.56 Å². The number of nitrogens with zero attached hydrogens (tertiary/aromatic N) is 1. The number of anilines is 1. The number of H-pyrrole nitrogens is 1. The van der Waals surface area contributed by atoms with E-state index in [0.29, 0.717) is 11.8 Å². The second-order valence-corrected chi connectivity index (χ2v) is 6.24. The molecule has 0 amide bonds. The molecule has 0 saturated carbocycles. The fourth-order valence-corrected chi connectivity index (χ4v) is 2.85. The van der Waals surface area contributed by atoms with E-state index in [0.717, 1.165) is 22.9 Å². The average Bonchev–Trinajstić information content (AvgIpc) is 2.54. The van der Waals surface area contributed by atoms with Crippen LogP contribution in [0.5, 0.6) is 0 Å². The first-order chi connectivity index (χ1) is 12.0. The van der Waals surface area contributed by atoms with E-state index in [2.05, 4.69) is 9.97 Å². The minimum atomic E-state index is -0.348. The van der Waals surface area contributed by atoms with Crippen molar-refractivity contribution >= 4 is 29.3 Å². The highest BCUT2D eigenvalue weighted by Gasteiger charge is 2.08. The predicted octanol–water partition coefficient (Wildman–Crippen LogP) is 1.36. The summed E-state index contributed by atoms with van der Waals surface area (Å²) in [4.78, 5) is 41.3. The van der Waals surface area contributed by atoms with Crippen LogP contribution in [0.2, 0.25) is 0 Å². The minimum absolute atomic E-state index is 0.00628. The highest BCUT2D eigenvalue weighted by atomic mass is 32.2. The third-order valence-electron chi connectivity index (χ3n) is 3.19. The lowest BCUT2D eigenvalue weighted by Crippen LogP contribution is -2.11. The molecule has 0 atom stereocenters. The molecule has 1 aromatic heterocycles. The molecule has 132 valence electrons. The lowest BCUT2D eigenvalue weighted by molar-refractivity contribution is -0.142. The van der Waals surface area contributed by atoms with E-state index in [-0.39, 0.29) is 41.7 Å². The molecule has 0 aliphatic rings. The Bertz CT molecular complexity index is 802. The van der Waals surface area contributed by atoms with Gasteiger partial charge in [0, 0.05) is 12.5 Å². The molecule has 25 heavy (non-hydrogen) atoms. The molecule has 0 radical (unpaired) electrons. The van der Waals surface area contributed by atoms with Crippen LogP contribution in [0.25, 0.3) is 0 Å². The number of nitrogens with two attached hydrogens (primary N) is 1. The fourth-order valence-electron chi connectivity index (χ4n) is 2.10. The van der Waals surface area contributed by atoms with Gasteiger partial charge in [-0.25, -0.2) is 4.98 Å². The summed E-state index contributed by atoms with van der Waals surface area (Å²) >= 11 is 1.14. The number of aromatic amines is 1. The van der Waals surface area contributed by atoms with E-state index in [4.69, 9.17) is 10.5 Å². The van der Waals surface area contributed by atoms with Crippen LogP contribution in [-0.4, -0.2) is 34.1 Å². The molecule has 0 saturated heterocycles. The maximum atomic E-state index is 12.1. The molecule has 0 aliphatic heterocycles. The van der Waals surface area contributed by atoms with E-state index in [1.54, 1.807) is 6.92 Å². The molecular formula is C17H19N3O4S. The largest absolute Gasteiger partial charge is 0.466 e. The predicted molar refractivity (Wildman–Crippen MR) is 95.5 cm³/mol. The maximum absolute atomic E-state index is 12.1. The minimum Gasteiger partial charge on any atom is -0.466 e. The number of ketones is 1. The Morgan fingerprint density at radius 1 is 1.20 bits per heavy atom. The topological polar surface area (TPSA) is 115 Å². The summed E-state index contributed by atoms with van der Waals surface area (Å²) in [5.41, 5.74) is 6.84. The van der Waals surface area contributed by atoms with Gasteiger partial charge in [-0.15, -0.1) is 0 Å². The number of Topliss-reactive ketones (excluding diaryl/α,β-unsaturated/α-hetero) is 1. The van der Waals surface area contributed by atoms with Gasteiger partial charge in [0.05, 0.1) is 18.8 Å². The van der Waals surface area contributed by atoms with E-state index < -0.39 is 0 Å². The summed E-state index contributed by atoms with van der Waals surface area (Å²) in [6, 6.07) is 8.44. The van der Waals surface area contributed by atoms with Crippen molar-refractivity contribution in [2.24, 2.45) is 0 Å². The van der Waals surface area contributed by atoms with Crippen LogP contribution in [0.3, 0.4) is 0 Å². The second-order valence-electron chi connectivity index (χ2n) is 5.28. The molecule has 3 N–H and O–H groups in total. The number of carbonyl (C=O) groups excluding carboxylic acids is 2. The Morgan fingerprint density at radius 2 is 1.84 bits per heavy atom. The van der Waals surface area contributed by atoms with Crippen molar-refractivity contribution < 1.29 is 14.3 Å². The summed E-state index contributed by atoms with van der Waals surface area (Å²) in [7, 11) is 0. The third-order valence-corrected chi connectivity index (χ3v) is 4.12. The van der Waals surface area contributed by atoms with Gasteiger partial charge in [0.1, 0.15) is 11.6 Å². The number of hydrogen-bond donors (Lipinski definition) is 2. The molecule has 1 heterocycles. The number of benzene rings is 1. The van der Waals surface area contributed by atoms with Crippen molar-refractivity contribution in [1.82, 2.24) is 9.97 Å². The second kappa shape index (κ2) is 9.03. The lowest BCUT2D eigenvalue weighted by Gasteiger charge is -2.05. The SMILES string of the molecule is CCOC(=O)Cc1ccc(CC(=O)CSc2nc(N)cc(=O)[nH]2)cc1. The zero-order valence-electron chi connectivity index (χ0n) is 13.8. The highest BCUT2D eigenvalue weighted by molar-refractivity contribution is 7.99. The van der Waals surface area contributed by atoms with E-state index >= 15 is 0 Å². The van der Waals surface area contributed by atoms with E-state index in [1.165, 1.54) is 6.07 Å². The van der Waals surface area contributed by atoms with E-state index in [1.807, 2.05) is 24.3 Å². The highest BCUT2D eigenvalue weighted by Crippen LogP contribution is 2.14. The van der Waals surface area contributed by atoms with Crippen LogP contribution in [0.4, 0.5) is 5.82 Å². The molecule has 0 bridgehead atoms. The van der Waals surface area contributed by atoms with Gasteiger partial charge in [-0.2, -0.15) is 0 Å². The van der Waals surface area contributed by atoms with Crippen molar-refractivity contribution in [2.75, 3.05) is 18.1 Å². The summed E-state index contributed by atoms with van der Waals surface area (Å²) in [6.45, 7) is 2.12. The van der Waals surface area contributed by atoms with Gasteiger partial charge < -0.3 is 15.5 Å². The number of rotatable bonds is 8. The Balaban J connectivity index is 1.85. The first-order valence-electron chi connectivity index (χ1n) is 7.71. The molecule has 2 rings (SSSR count). The standard InChI is InChI=1S/C17H19N3O4S/c1-2-24-16(23)8-12-5-3-11(4-6-12)7-13(21)10-25-17-19-14(18)9-15(22)20-17/h3-6,9H,2,7-8,10H2,1H3,(H3,18,19,20,22). The van der Waals surface area contributed by atoms with Gasteiger partial charge in [-0.3, -0.25) is 14.4 Å². The summed E-state index contributed by atoms with van der Waals surface area (Å²) in [5, 5.41) is 0.322. The molecule has 2 aromatic rings. The zero-order chi connectivity index (χ0) is 18.2. The number of nitrogen functional groups attached to an aromatic ring is 1.